The molecule has 0 bridgehead atoms. The minimum Gasteiger partial charge on any atom is -0.493 e. The molecule has 2 N–H and O–H groups in total. The number of hydrogen-bond donors (Lipinski definition) is 2. The number of ether oxygens (including phenoxy) is 5. The van der Waals surface area contributed by atoms with Crippen LogP contribution in [0.3, 0.4) is 0 Å². The van der Waals surface area contributed by atoms with Gasteiger partial charge in [-0.15, -0.1) is 0 Å². The number of methoxy groups -OCH3 is 1. The van der Waals surface area contributed by atoms with Crippen molar-refractivity contribution < 1.29 is 46.8 Å². The molecule has 0 aliphatic heterocycles. The number of carbonyl (C=O) groups excluding carboxylic acids is 3. The van der Waals surface area contributed by atoms with Crippen LogP contribution in [0.4, 0.5) is 20.2 Å². The van der Waals surface area contributed by atoms with Gasteiger partial charge in [-0.3, -0.25) is 14.6 Å². The standard InChI is InChI=1S/C36H39F2N3O7.CH2O/c1-3-16-45-17-4-18-46-19-5-20-47-33-23-29-27(22-32(33)44-2)30(12-15-39-29)48-31-11-10-26(21-28(31)38)41-35(43)36(13-14-36)34(42)40-25-8-6-24(37)7-9-25;1-2/h6-12,15,21-23H,3-5,13-14,16-20H2,1-2H3,(H,40,42)(H,41,43);1H2. The Kier molecular flexibility index (Phi) is 14.0. The van der Waals surface area contributed by atoms with E-state index in [9.17, 15) is 14.0 Å². The zero-order valence-electron chi connectivity index (χ0n) is 28.1. The number of rotatable bonds is 18. The Balaban J connectivity index is 0.00000276. The van der Waals surface area contributed by atoms with Crippen LogP contribution < -0.4 is 24.8 Å². The van der Waals surface area contributed by atoms with E-state index in [4.69, 9.17) is 28.5 Å². The molecule has 13 heteroatoms. The fourth-order valence-electron chi connectivity index (χ4n) is 4.94. The van der Waals surface area contributed by atoms with Crippen molar-refractivity contribution in [3.63, 3.8) is 0 Å². The highest BCUT2D eigenvalue weighted by atomic mass is 19.1. The van der Waals surface area contributed by atoms with Crippen LogP contribution in [0.5, 0.6) is 23.0 Å². The Morgan fingerprint density at radius 3 is 2.06 bits per heavy atom. The highest BCUT2D eigenvalue weighted by molar-refractivity contribution is 6.16. The lowest BCUT2D eigenvalue weighted by molar-refractivity contribution is -0.131. The Morgan fingerprint density at radius 2 is 1.42 bits per heavy atom. The van der Waals surface area contributed by atoms with Gasteiger partial charge in [0.2, 0.25) is 11.8 Å². The van der Waals surface area contributed by atoms with Crippen molar-refractivity contribution in [3.8, 4) is 23.0 Å². The average Bonchev–Trinajstić information content (AvgIpc) is 3.94. The van der Waals surface area contributed by atoms with Gasteiger partial charge in [-0.1, -0.05) is 6.92 Å². The highest BCUT2D eigenvalue weighted by Crippen LogP contribution is 2.47. The lowest BCUT2D eigenvalue weighted by atomic mass is 10.0. The van der Waals surface area contributed by atoms with E-state index >= 15 is 4.39 Å². The number of aromatic nitrogens is 1. The van der Waals surface area contributed by atoms with E-state index in [1.165, 1.54) is 43.5 Å². The average molecular weight is 694 g/mol. The molecule has 0 spiro atoms. The van der Waals surface area contributed by atoms with Crippen LogP contribution >= 0.6 is 0 Å². The number of carbonyl (C=O) groups is 3. The molecule has 1 aliphatic rings. The maximum absolute atomic E-state index is 15.2. The third-order valence-corrected chi connectivity index (χ3v) is 7.73. The van der Waals surface area contributed by atoms with Crippen molar-refractivity contribution in [3.05, 3.63) is 78.5 Å². The number of fused-ring (bicyclic) bond motifs is 1. The molecule has 1 aromatic heterocycles. The van der Waals surface area contributed by atoms with E-state index < -0.39 is 28.9 Å². The van der Waals surface area contributed by atoms with Crippen LogP contribution in [0.15, 0.2) is 66.9 Å². The first-order chi connectivity index (χ1) is 24.3. The second-order valence-electron chi connectivity index (χ2n) is 11.4. The van der Waals surface area contributed by atoms with E-state index in [0.29, 0.717) is 79.5 Å². The molecular weight excluding hydrogens is 652 g/mol. The molecule has 50 heavy (non-hydrogen) atoms. The van der Waals surface area contributed by atoms with Crippen molar-refractivity contribution in [2.45, 2.75) is 39.0 Å². The number of amides is 2. The predicted molar refractivity (Wildman–Crippen MR) is 184 cm³/mol. The fourth-order valence-corrected chi connectivity index (χ4v) is 4.94. The molecule has 3 aromatic carbocycles. The number of pyridine rings is 1. The summed E-state index contributed by atoms with van der Waals surface area (Å²) >= 11 is 0. The lowest BCUT2D eigenvalue weighted by Crippen LogP contribution is -2.35. The van der Waals surface area contributed by atoms with Gasteiger partial charge in [0.1, 0.15) is 23.8 Å². The van der Waals surface area contributed by atoms with E-state index in [-0.39, 0.29) is 11.4 Å². The summed E-state index contributed by atoms with van der Waals surface area (Å²) in [5.74, 6) is -0.988. The second kappa shape index (κ2) is 18.6. The molecular formula is C37H41F2N3O8. The maximum atomic E-state index is 15.2. The van der Waals surface area contributed by atoms with Crippen molar-refractivity contribution in [1.82, 2.24) is 4.98 Å². The van der Waals surface area contributed by atoms with Crippen LogP contribution in [-0.4, -0.2) is 63.7 Å². The molecule has 1 aliphatic carbocycles. The quantitative estimate of drug-likeness (QED) is 0.0828. The van der Waals surface area contributed by atoms with Gasteiger partial charge in [0.05, 0.1) is 19.2 Å². The van der Waals surface area contributed by atoms with E-state index in [1.807, 2.05) is 6.79 Å². The van der Waals surface area contributed by atoms with Gasteiger partial charge in [-0.2, -0.15) is 0 Å². The smallest absolute Gasteiger partial charge is 0.240 e. The molecule has 0 unspecified atom stereocenters. The number of anilines is 2. The number of nitrogens with zero attached hydrogens (tertiary/aromatic N) is 1. The van der Waals surface area contributed by atoms with Gasteiger partial charge < -0.3 is 39.1 Å². The summed E-state index contributed by atoms with van der Waals surface area (Å²) in [6.07, 6.45) is 4.76. The van der Waals surface area contributed by atoms with Crippen LogP contribution in [0.25, 0.3) is 10.9 Å². The first-order valence-electron chi connectivity index (χ1n) is 16.2. The molecule has 0 saturated heterocycles. The van der Waals surface area contributed by atoms with Crippen molar-refractivity contribution in [2.24, 2.45) is 5.41 Å². The van der Waals surface area contributed by atoms with Gasteiger partial charge in [0, 0.05) is 67.9 Å². The molecule has 1 heterocycles. The molecule has 1 fully saturated rings. The summed E-state index contributed by atoms with van der Waals surface area (Å²) < 4.78 is 57.0. The zero-order valence-corrected chi connectivity index (χ0v) is 28.1. The van der Waals surface area contributed by atoms with Gasteiger partial charge in [0.25, 0.3) is 0 Å². The summed E-state index contributed by atoms with van der Waals surface area (Å²) in [7, 11) is 1.53. The number of hydrogen-bond acceptors (Lipinski definition) is 9. The summed E-state index contributed by atoms with van der Waals surface area (Å²) in [5.41, 5.74) is -0.183. The molecule has 0 atom stereocenters. The molecule has 5 rings (SSSR count). The van der Waals surface area contributed by atoms with Crippen LogP contribution in [0, 0.1) is 17.0 Å². The maximum Gasteiger partial charge on any atom is 0.240 e. The highest BCUT2D eigenvalue weighted by Gasteiger charge is 2.56. The van der Waals surface area contributed by atoms with Gasteiger partial charge >= 0.3 is 0 Å². The first kappa shape index (κ1) is 37.7. The third-order valence-electron chi connectivity index (χ3n) is 7.73. The van der Waals surface area contributed by atoms with Crippen molar-refractivity contribution in [1.29, 1.82) is 0 Å². The Bertz CT molecular complexity index is 1730. The normalized spacial score (nSPS) is 12.7. The first-order valence-corrected chi connectivity index (χ1v) is 16.2. The number of benzene rings is 3. The van der Waals surface area contributed by atoms with Crippen LogP contribution in [0.1, 0.15) is 39.0 Å². The predicted octanol–water partition coefficient (Wildman–Crippen LogP) is 7.09. The van der Waals surface area contributed by atoms with Gasteiger partial charge in [0.15, 0.2) is 23.1 Å². The molecule has 0 radical (unpaired) electrons. The van der Waals surface area contributed by atoms with E-state index in [2.05, 4.69) is 22.5 Å². The van der Waals surface area contributed by atoms with Gasteiger partial charge in [-0.25, -0.2) is 8.78 Å². The van der Waals surface area contributed by atoms with Crippen molar-refractivity contribution in [2.75, 3.05) is 50.8 Å². The Morgan fingerprint density at radius 1 is 0.780 bits per heavy atom. The molecule has 2 amide bonds. The molecule has 1 saturated carbocycles. The minimum absolute atomic E-state index is 0.0769. The fraction of sp³-hybridized carbons (Fsp3) is 0.351. The molecule has 266 valence electrons. The topological polar surface area (TPSA) is 134 Å². The van der Waals surface area contributed by atoms with Crippen LogP contribution in [0.2, 0.25) is 0 Å². The largest absolute Gasteiger partial charge is 0.493 e. The van der Waals surface area contributed by atoms with Gasteiger partial charge in [-0.05, 0) is 74.2 Å². The Hall–Kier alpha value is -5.14. The third kappa shape index (κ3) is 9.95. The van der Waals surface area contributed by atoms with E-state index in [0.717, 1.165) is 25.5 Å². The van der Waals surface area contributed by atoms with E-state index in [1.54, 1.807) is 24.4 Å². The second-order valence-corrected chi connectivity index (χ2v) is 11.4. The zero-order chi connectivity index (χ0) is 35.9. The summed E-state index contributed by atoms with van der Waals surface area (Å²) in [4.78, 5) is 38.3. The summed E-state index contributed by atoms with van der Waals surface area (Å²) in [5, 5.41) is 5.86. The SMILES string of the molecule is C=O.CCCOCCCOCCCOc1cc2nccc(Oc3ccc(NC(=O)C4(C(=O)Nc5ccc(F)cc5)CC4)cc3F)c2cc1OC. The molecule has 11 nitrogen and oxygen atoms in total. The lowest BCUT2D eigenvalue weighted by Gasteiger charge is -2.16. The monoisotopic (exact) mass is 693 g/mol. The van der Waals surface area contributed by atoms with Crippen molar-refractivity contribution >= 4 is 40.9 Å². The molecule has 4 aromatic rings. The number of nitrogens with one attached hydrogen (secondary N) is 2. The number of halogens is 2. The summed E-state index contributed by atoms with van der Waals surface area (Å²) in [6.45, 7) is 7.14. The summed E-state index contributed by atoms with van der Waals surface area (Å²) in [6, 6.07) is 14.3. The minimum atomic E-state index is -1.28. The van der Waals surface area contributed by atoms with Crippen LogP contribution in [-0.2, 0) is 23.9 Å². The Labute approximate surface area is 289 Å².